The molecular formula is C13H20N4O. The van der Waals surface area contributed by atoms with Gasteiger partial charge >= 0.3 is 0 Å². The van der Waals surface area contributed by atoms with Crippen LogP contribution in [0.15, 0.2) is 18.3 Å². The van der Waals surface area contributed by atoms with Gasteiger partial charge in [-0.25, -0.2) is 4.98 Å². The summed E-state index contributed by atoms with van der Waals surface area (Å²) in [6.07, 6.45) is 2.42. The Hall–Kier alpha value is -1.62. The molecule has 1 aliphatic heterocycles. The van der Waals surface area contributed by atoms with E-state index in [1.807, 2.05) is 12.1 Å². The van der Waals surface area contributed by atoms with Crippen molar-refractivity contribution in [1.82, 2.24) is 14.8 Å². The zero-order valence-corrected chi connectivity index (χ0v) is 11.0. The van der Waals surface area contributed by atoms with E-state index in [9.17, 15) is 0 Å². The van der Waals surface area contributed by atoms with Crippen molar-refractivity contribution < 1.29 is 4.74 Å². The minimum absolute atomic E-state index is 0.616. The lowest BCUT2D eigenvalue weighted by Crippen LogP contribution is -2.47. The molecule has 2 heterocycles. The number of aromatic nitrogens is 1. The van der Waals surface area contributed by atoms with E-state index >= 15 is 0 Å². The van der Waals surface area contributed by atoms with E-state index < -0.39 is 0 Å². The van der Waals surface area contributed by atoms with Crippen LogP contribution in [0.25, 0.3) is 0 Å². The number of piperazine rings is 1. The molecule has 1 aromatic heterocycles. The number of likely N-dealkylation sites (N-methyl/N-ethyl adjacent to an activating group) is 1. The Morgan fingerprint density at radius 1 is 1.33 bits per heavy atom. The lowest BCUT2D eigenvalue weighted by atomic mass is 10.1. The van der Waals surface area contributed by atoms with Crippen LogP contribution in [0.2, 0.25) is 0 Å². The molecule has 5 heteroatoms. The number of nitrogens with one attached hydrogen (secondary N) is 1. The van der Waals surface area contributed by atoms with Crippen molar-refractivity contribution >= 4 is 5.84 Å². The minimum atomic E-state index is 0.616. The molecule has 0 aromatic carbocycles. The number of pyridine rings is 1. The van der Waals surface area contributed by atoms with E-state index in [-0.39, 0.29) is 0 Å². The van der Waals surface area contributed by atoms with Gasteiger partial charge in [0.05, 0.1) is 7.11 Å². The Morgan fingerprint density at radius 2 is 2.06 bits per heavy atom. The normalized spacial score (nSPS) is 16.7. The molecule has 0 saturated carbocycles. The zero-order chi connectivity index (χ0) is 13.0. The molecule has 1 aliphatic rings. The third kappa shape index (κ3) is 3.20. The lowest BCUT2D eigenvalue weighted by Gasteiger charge is -2.34. The number of ether oxygens (including phenoxy) is 1. The van der Waals surface area contributed by atoms with Crippen LogP contribution in [-0.4, -0.2) is 61.0 Å². The van der Waals surface area contributed by atoms with Crippen molar-refractivity contribution in [2.75, 3.05) is 40.3 Å². The molecule has 0 bridgehead atoms. The summed E-state index contributed by atoms with van der Waals surface area (Å²) in [5.41, 5.74) is 1.06. The van der Waals surface area contributed by atoms with Gasteiger partial charge in [0.1, 0.15) is 5.84 Å². The molecule has 0 aliphatic carbocycles. The first-order valence-corrected chi connectivity index (χ1v) is 6.19. The quantitative estimate of drug-likeness (QED) is 0.636. The average molecular weight is 248 g/mol. The third-order valence-corrected chi connectivity index (χ3v) is 3.26. The van der Waals surface area contributed by atoms with Gasteiger partial charge in [-0.05, 0) is 12.6 Å². The highest BCUT2D eigenvalue weighted by Gasteiger charge is 2.16. The molecule has 1 fully saturated rings. The molecule has 0 atom stereocenters. The van der Waals surface area contributed by atoms with Crippen LogP contribution < -0.4 is 4.74 Å². The molecule has 98 valence electrons. The first-order valence-electron chi connectivity index (χ1n) is 6.19. The number of hydrogen-bond acceptors (Lipinski definition) is 4. The second-order valence-electron chi connectivity index (χ2n) is 4.62. The fraction of sp³-hybridized carbons (Fsp3) is 0.538. The van der Waals surface area contributed by atoms with Gasteiger partial charge in [-0.15, -0.1) is 0 Å². The summed E-state index contributed by atoms with van der Waals surface area (Å²) in [4.78, 5) is 8.60. The van der Waals surface area contributed by atoms with Crippen molar-refractivity contribution in [2.45, 2.75) is 6.42 Å². The molecule has 0 unspecified atom stereocenters. The standard InChI is InChI=1S/C13H20N4O/c1-16-5-7-17(8-6-16)12(14)9-11-3-4-13(18-2)15-10-11/h3-4,10,14H,5-9H2,1-2H3. The summed E-state index contributed by atoms with van der Waals surface area (Å²) < 4.78 is 5.02. The van der Waals surface area contributed by atoms with Crippen LogP contribution in [0.1, 0.15) is 5.56 Å². The molecule has 1 aromatic rings. The van der Waals surface area contributed by atoms with Crippen molar-refractivity contribution in [2.24, 2.45) is 0 Å². The van der Waals surface area contributed by atoms with Gasteiger partial charge in [-0.1, -0.05) is 6.07 Å². The summed E-state index contributed by atoms with van der Waals surface area (Å²) in [6, 6.07) is 3.81. The Morgan fingerprint density at radius 3 is 2.61 bits per heavy atom. The third-order valence-electron chi connectivity index (χ3n) is 3.26. The molecule has 0 amide bonds. The fourth-order valence-corrected chi connectivity index (χ4v) is 2.02. The van der Waals surface area contributed by atoms with Gasteiger partial charge in [-0.3, -0.25) is 5.41 Å². The molecule has 1 N–H and O–H groups in total. The smallest absolute Gasteiger partial charge is 0.212 e. The number of rotatable bonds is 3. The van der Waals surface area contributed by atoms with Gasteiger partial charge in [0.15, 0.2) is 0 Å². The predicted octanol–water partition coefficient (Wildman–Crippen LogP) is 0.857. The van der Waals surface area contributed by atoms with Crippen LogP contribution in [0.3, 0.4) is 0 Å². The summed E-state index contributed by atoms with van der Waals surface area (Å²) >= 11 is 0. The van der Waals surface area contributed by atoms with Crippen molar-refractivity contribution in [3.8, 4) is 5.88 Å². The van der Waals surface area contributed by atoms with E-state index in [1.54, 1.807) is 13.3 Å². The van der Waals surface area contributed by atoms with Crippen LogP contribution in [0.4, 0.5) is 0 Å². The number of methoxy groups -OCH3 is 1. The molecule has 2 rings (SSSR count). The highest BCUT2D eigenvalue weighted by Crippen LogP contribution is 2.09. The van der Waals surface area contributed by atoms with E-state index in [2.05, 4.69) is 21.8 Å². The second kappa shape index (κ2) is 5.82. The lowest BCUT2D eigenvalue weighted by molar-refractivity contribution is 0.213. The molecule has 18 heavy (non-hydrogen) atoms. The topological polar surface area (TPSA) is 52.5 Å². The maximum atomic E-state index is 8.13. The summed E-state index contributed by atoms with van der Waals surface area (Å²) in [5.74, 6) is 1.29. The number of amidine groups is 1. The van der Waals surface area contributed by atoms with Gasteiger partial charge in [-0.2, -0.15) is 0 Å². The van der Waals surface area contributed by atoms with E-state index in [0.717, 1.165) is 31.7 Å². The van der Waals surface area contributed by atoms with E-state index in [4.69, 9.17) is 10.1 Å². The Kier molecular flexibility index (Phi) is 4.15. The van der Waals surface area contributed by atoms with E-state index in [1.165, 1.54) is 0 Å². The van der Waals surface area contributed by atoms with Crippen LogP contribution in [-0.2, 0) is 6.42 Å². The van der Waals surface area contributed by atoms with Crippen LogP contribution >= 0.6 is 0 Å². The highest BCUT2D eigenvalue weighted by molar-refractivity contribution is 5.81. The van der Waals surface area contributed by atoms with Gasteiger partial charge in [0.2, 0.25) is 5.88 Å². The average Bonchev–Trinajstić information content (AvgIpc) is 2.40. The van der Waals surface area contributed by atoms with Crippen LogP contribution in [0.5, 0.6) is 5.88 Å². The zero-order valence-electron chi connectivity index (χ0n) is 11.0. The maximum absolute atomic E-state index is 8.13. The highest BCUT2D eigenvalue weighted by atomic mass is 16.5. The number of nitrogens with zero attached hydrogens (tertiary/aromatic N) is 3. The van der Waals surface area contributed by atoms with E-state index in [0.29, 0.717) is 18.1 Å². The molecular weight excluding hydrogens is 228 g/mol. The number of hydrogen-bond donors (Lipinski definition) is 1. The monoisotopic (exact) mass is 248 g/mol. The van der Waals surface area contributed by atoms with Crippen molar-refractivity contribution in [3.63, 3.8) is 0 Å². The minimum Gasteiger partial charge on any atom is -0.481 e. The fourth-order valence-electron chi connectivity index (χ4n) is 2.02. The van der Waals surface area contributed by atoms with Crippen molar-refractivity contribution in [3.05, 3.63) is 23.9 Å². The summed E-state index contributed by atoms with van der Waals surface area (Å²) in [6.45, 7) is 3.95. The molecule has 0 radical (unpaired) electrons. The second-order valence-corrected chi connectivity index (χ2v) is 4.62. The Bertz CT molecular complexity index is 396. The van der Waals surface area contributed by atoms with Crippen LogP contribution in [0, 0.1) is 5.41 Å². The summed E-state index contributed by atoms with van der Waals surface area (Å²) in [5, 5.41) is 8.13. The molecule has 0 spiro atoms. The Labute approximate surface area is 108 Å². The van der Waals surface area contributed by atoms with Gasteiger partial charge in [0.25, 0.3) is 0 Å². The Balaban J connectivity index is 1.90. The first kappa shape index (κ1) is 12.8. The first-order chi connectivity index (χ1) is 8.69. The molecule has 1 saturated heterocycles. The van der Waals surface area contributed by atoms with Gasteiger partial charge in [0, 0.05) is 44.9 Å². The largest absolute Gasteiger partial charge is 0.481 e. The van der Waals surface area contributed by atoms with Gasteiger partial charge < -0.3 is 14.5 Å². The SMILES string of the molecule is COc1ccc(CC(=N)N2CCN(C)CC2)cn1. The maximum Gasteiger partial charge on any atom is 0.212 e. The predicted molar refractivity (Wildman–Crippen MR) is 71.3 cm³/mol. The summed E-state index contributed by atoms with van der Waals surface area (Å²) in [7, 11) is 3.72. The molecule has 5 nitrogen and oxygen atoms in total. The van der Waals surface area contributed by atoms with Crippen molar-refractivity contribution in [1.29, 1.82) is 5.41 Å².